The maximum Gasteiger partial charge on any atom is 0.0468 e. The fourth-order valence-corrected chi connectivity index (χ4v) is 7.93. The second-order valence-electron chi connectivity index (χ2n) is 13.3. The minimum atomic E-state index is 1.11. The Bertz CT molecular complexity index is 2900. The molecule has 238 valence electrons. The van der Waals surface area contributed by atoms with E-state index in [4.69, 9.17) is 0 Å². The van der Waals surface area contributed by atoms with Gasteiger partial charge in [0.25, 0.3) is 0 Å². The van der Waals surface area contributed by atoms with Crippen molar-refractivity contribution in [3.05, 3.63) is 200 Å². The highest BCUT2D eigenvalue weighted by atomic mass is 15.1. The largest absolute Gasteiger partial charge is 0.310 e. The third-order valence-corrected chi connectivity index (χ3v) is 10.4. The highest BCUT2D eigenvalue weighted by Gasteiger charge is 2.16. The van der Waals surface area contributed by atoms with Crippen LogP contribution in [-0.2, 0) is 0 Å². The molecule has 0 aliphatic rings. The van der Waals surface area contributed by atoms with Gasteiger partial charge in [-0.1, -0.05) is 158 Å². The lowest BCUT2D eigenvalue weighted by molar-refractivity contribution is 1.29. The molecular formula is C50H33N. The number of hydrogen-bond acceptors (Lipinski definition) is 1. The molecule has 10 rings (SSSR count). The third kappa shape index (κ3) is 5.02. The molecule has 0 N–H and O–H groups in total. The molecule has 0 spiro atoms. The molecule has 0 saturated carbocycles. The van der Waals surface area contributed by atoms with Crippen molar-refractivity contribution in [2.24, 2.45) is 0 Å². The lowest BCUT2D eigenvalue weighted by Crippen LogP contribution is -2.10. The summed E-state index contributed by atoms with van der Waals surface area (Å²) in [5.74, 6) is 0. The summed E-state index contributed by atoms with van der Waals surface area (Å²) < 4.78 is 0. The maximum absolute atomic E-state index is 2.40. The highest BCUT2D eigenvalue weighted by molar-refractivity contribution is 6.18. The van der Waals surface area contributed by atoms with E-state index < -0.39 is 0 Å². The summed E-state index contributed by atoms with van der Waals surface area (Å²) >= 11 is 0. The average molecular weight is 648 g/mol. The molecule has 0 aliphatic heterocycles. The van der Waals surface area contributed by atoms with E-state index in [0.29, 0.717) is 0 Å². The summed E-state index contributed by atoms with van der Waals surface area (Å²) in [7, 11) is 0. The fraction of sp³-hybridized carbons (Fsp3) is 0. The number of anilines is 3. The molecule has 0 fully saturated rings. The zero-order valence-electron chi connectivity index (χ0n) is 28.0. The number of nitrogens with zero attached hydrogens (tertiary/aromatic N) is 1. The molecule has 0 saturated heterocycles. The molecule has 1 heteroatoms. The second-order valence-corrected chi connectivity index (χ2v) is 13.3. The molecule has 10 aromatic rings. The quantitative estimate of drug-likeness (QED) is 0.168. The smallest absolute Gasteiger partial charge is 0.0468 e. The van der Waals surface area contributed by atoms with Gasteiger partial charge in [-0.15, -0.1) is 0 Å². The van der Waals surface area contributed by atoms with Gasteiger partial charge in [0.05, 0.1) is 0 Å². The molecule has 0 aliphatic carbocycles. The van der Waals surface area contributed by atoms with Crippen LogP contribution in [0.25, 0.3) is 76.1 Å². The van der Waals surface area contributed by atoms with Crippen LogP contribution in [0.2, 0.25) is 0 Å². The number of hydrogen-bond donors (Lipinski definition) is 0. The number of fused-ring (bicyclic) bond motifs is 8. The summed E-state index contributed by atoms with van der Waals surface area (Å²) in [6.07, 6.45) is 0. The predicted molar refractivity (Wildman–Crippen MR) is 220 cm³/mol. The van der Waals surface area contributed by atoms with Gasteiger partial charge in [-0.2, -0.15) is 0 Å². The standard InChI is InChI=1S/C50H33N/c1-2-11-34(12-3-1)38-15-10-16-41(31-38)51(42-28-23-37-25-29-47-43-17-6-4-13-35(43)24-30-48(47)50(37)33-42)40-26-21-36(22-27-40)49-32-39-14-5-7-18-44(39)45-19-8-9-20-46(45)49/h1-33H. The van der Waals surface area contributed by atoms with Crippen LogP contribution in [0.5, 0.6) is 0 Å². The Labute approximate surface area is 297 Å². The molecule has 0 heterocycles. The fourth-order valence-electron chi connectivity index (χ4n) is 7.93. The summed E-state index contributed by atoms with van der Waals surface area (Å²) in [6, 6.07) is 73.1. The highest BCUT2D eigenvalue weighted by Crippen LogP contribution is 2.41. The third-order valence-electron chi connectivity index (χ3n) is 10.4. The van der Waals surface area contributed by atoms with E-state index in [-0.39, 0.29) is 0 Å². The Hall–Kier alpha value is -6.70. The topological polar surface area (TPSA) is 3.24 Å². The van der Waals surface area contributed by atoms with E-state index in [1.54, 1.807) is 0 Å². The van der Waals surface area contributed by atoms with E-state index in [0.717, 1.165) is 17.1 Å². The van der Waals surface area contributed by atoms with E-state index in [1.165, 1.54) is 76.1 Å². The predicted octanol–water partition coefficient (Wildman–Crippen LogP) is 14.3. The van der Waals surface area contributed by atoms with Crippen molar-refractivity contribution in [1.29, 1.82) is 0 Å². The van der Waals surface area contributed by atoms with Crippen LogP contribution in [0.3, 0.4) is 0 Å². The normalized spacial score (nSPS) is 11.5. The first-order valence-corrected chi connectivity index (χ1v) is 17.6. The Kier molecular flexibility index (Phi) is 6.89. The van der Waals surface area contributed by atoms with Crippen molar-refractivity contribution in [2.45, 2.75) is 0 Å². The van der Waals surface area contributed by atoms with Crippen LogP contribution in [0, 0.1) is 0 Å². The number of benzene rings is 10. The lowest BCUT2D eigenvalue weighted by atomic mass is 9.93. The molecule has 0 atom stereocenters. The van der Waals surface area contributed by atoms with Crippen molar-refractivity contribution in [3.8, 4) is 22.3 Å². The van der Waals surface area contributed by atoms with Crippen LogP contribution < -0.4 is 4.90 Å². The summed E-state index contributed by atoms with van der Waals surface area (Å²) in [4.78, 5) is 2.40. The SMILES string of the molecule is c1ccc(-c2cccc(N(c3ccc(-c4cc5ccccc5c5ccccc45)cc3)c3ccc4ccc5c6ccccc6ccc5c4c3)c2)cc1. The second kappa shape index (κ2) is 12.0. The molecule has 0 radical (unpaired) electrons. The van der Waals surface area contributed by atoms with Gasteiger partial charge >= 0.3 is 0 Å². The van der Waals surface area contributed by atoms with Gasteiger partial charge in [0.1, 0.15) is 0 Å². The van der Waals surface area contributed by atoms with Gasteiger partial charge in [-0.3, -0.25) is 0 Å². The van der Waals surface area contributed by atoms with E-state index in [2.05, 4.69) is 205 Å². The van der Waals surface area contributed by atoms with Crippen LogP contribution in [0.1, 0.15) is 0 Å². The minimum Gasteiger partial charge on any atom is -0.310 e. The van der Waals surface area contributed by atoms with Gasteiger partial charge in [0.2, 0.25) is 0 Å². The molecule has 0 aromatic heterocycles. The van der Waals surface area contributed by atoms with Gasteiger partial charge in [0.15, 0.2) is 0 Å². The van der Waals surface area contributed by atoms with Gasteiger partial charge < -0.3 is 4.90 Å². The first-order chi connectivity index (χ1) is 25.3. The molecule has 51 heavy (non-hydrogen) atoms. The average Bonchev–Trinajstić information content (AvgIpc) is 3.21. The molecule has 10 aromatic carbocycles. The Balaban J connectivity index is 1.16. The zero-order chi connectivity index (χ0) is 33.7. The van der Waals surface area contributed by atoms with Crippen molar-refractivity contribution in [1.82, 2.24) is 0 Å². The van der Waals surface area contributed by atoms with Crippen LogP contribution in [-0.4, -0.2) is 0 Å². The van der Waals surface area contributed by atoms with Gasteiger partial charge in [0, 0.05) is 17.1 Å². The van der Waals surface area contributed by atoms with Crippen LogP contribution in [0.4, 0.5) is 17.1 Å². The Morgan fingerprint density at radius 3 is 1.55 bits per heavy atom. The zero-order valence-corrected chi connectivity index (χ0v) is 28.0. The lowest BCUT2D eigenvalue weighted by Gasteiger charge is -2.27. The monoisotopic (exact) mass is 647 g/mol. The number of rotatable bonds is 5. The summed E-state index contributed by atoms with van der Waals surface area (Å²) in [5, 5.41) is 12.7. The first kappa shape index (κ1) is 29.2. The summed E-state index contributed by atoms with van der Waals surface area (Å²) in [6.45, 7) is 0. The minimum absolute atomic E-state index is 1.11. The maximum atomic E-state index is 2.40. The Morgan fingerprint density at radius 1 is 0.235 bits per heavy atom. The van der Waals surface area contributed by atoms with Crippen LogP contribution >= 0.6 is 0 Å². The summed E-state index contributed by atoms with van der Waals surface area (Å²) in [5.41, 5.74) is 8.19. The molecule has 0 bridgehead atoms. The van der Waals surface area contributed by atoms with Crippen LogP contribution in [0.15, 0.2) is 200 Å². The molecule has 1 nitrogen and oxygen atoms in total. The van der Waals surface area contributed by atoms with E-state index >= 15 is 0 Å². The molecular weight excluding hydrogens is 615 g/mol. The van der Waals surface area contributed by atoms with Gasteiger partial charge in [-0.25, -0.2) is 0 Å². The van der Waals surface area contributed by atoms with Crippen molar-refractivity contribution in [3.63, 3.8) is 0 Å². The first-order valence-electron chi connectivity index (χ1n) is 17.6. The van der Waals surface area contributed by atoms with E-state index in [1.807, 2.05) is 0 Å². The van der Waals surface area contributed by atoms with Gasteiger partial charge in [-0.05, 0) is 119 Å². The van der Waals surface area contributed by atoms with Crippen molar-refractivity contribution in [2.75, 3.05) is 4.90 Å². The van der Waals surface area contributed by atoms with E-state index in [9.17, 15) is 0 Å². The Morgan fingerprint density at radius 2 is 0.765 bits per heavy atom. The molecule has 0 unspecified atom stereocenters. The van der Waals surface area contributed by atoms with Crippen molar-refractivity contribution >= 4 is 70.9 Å². The van der Waals surface area contributed by atoms with Crippen molar-refractivity contribution < 1.29 is 0 Å². The molecule has 0 amide bonds.